The van der Waals surface area contributed by atoms with E-state index in [1.165, 1.54) is 109 Å². The molecule has 23 heavy (non-hydrogen) atoms. The van der Waals surface area contributed by atoms with E-state index in [2.05, 4.69) is 25.7 Å². The van der Waals surface area contributed by atoms with E-state index in [1.807, 2.05) is 0 Å². The summed E-state index contributed by atoms with van der Waals surface area (Å²) < 4.78 is 0. The third-order valence-electron chi connectivity index (χ3n) is 4.68. The van der Waals surface area contributed by atoms with Gasteiger partial charge in [0.15, 0.2) is 0 Å². The van der Waals surface area contributed by atoms with Gasteiger partial charge in [0.1, 0.15) is 0 Å². The third kappa shape index (κ3) is 21.6. The number of rotatable bonds is 18. The molecule has 0 saturated carbocycles. The summed E-state index contributed by atoms with van der Waals surface area (Å²) in [6.45, 7) is 7.44. The van der Waals surface area contributed by atoms with Crippen LogP contribution in [0.25, 0.3) is 0 Å². The van der Waals surface area contributed by atoms with Gasteiger partial charge in [-0.05, 0) is 6.42 Å². The molecule has 0 fully saturated rings. The Labute approximate surface area is 148 Å². The van der Waals surface area contributed by atoms with Gasteiger partial charge in [0, 0.05) is 13.3 Å². The van der Waals surface area contributed by atoms with Gasteiger partial charge in [0.2, 0.25) is 0 Å². The Morgan fingerprint density at radius 3 is 1.04 bits per heavy atom. The normalized spacial score (nSPS) is 10.5. The SMILES string of the molecule is [CH2]C#CCCCCCCCCCCCCCCCCCCC[CH2]. The van der Waals surface area contributed by atoms with E-state index in [-0.39, 0.29) is 0 Å². The van der Waals surface area contributed by atoms with Gasteiger partial charge in [-0.15, -0.1) is 11.8 Å². The van der Waals surface area contributed by atoms with Crippen LogP contribution in [-0.4, -0.2) is 0 Å². The zero-order valence-electron chi connectivity index (χ0n) is 15.8. The highest BCUT2D eigenvalue weighted by Crippen LogP contribution is 2.14. The van der Waals surface area contributed by atoms with Crippen LogP contribution in [-0.2, 0) is 0 Å². The zero-order valence-corrected chi connectivity index (χ0v) is 15.8. The Morgan fingerprint density at radius 1 is 0.435 bits per heavy atom. The van der Waals surface area contributed by atoms with Crippen molar-refractivity contribution in [2.45, 2.75) is 122 Å². The molecule has 0 amide bonds. The second-order valence-corrected chi connectivity index (χ2v) is 6.97. The average Bonchev–Trinajstić information content (AvgIpc) is 2.57. The van der Waals surface area contributed by atoms with E-state index in [9.17, 15) is 0 Å². The summed E-state index contributed by atoms with van der Waals surface area (Å²) in [5.74, 6) is 5.76. The van der Waals surface area contributed by atoms with Crippen LogP contribution in [0.15, 0.2) is 0 Å². The molecular weight excluding hydrogens is 276 g/mol. The molecule has 0 heteroatoms. The Morgan fingerprint density at radius 2 is 0.739 bits per heavy atom. The first-order valence-corrected chi connectivity index (χ1v) is 10.5. The van der Waals surface area contributed by atoms with E-state index in [4.69, 9.17) is 0 Å². The second-order valence-electron chi connectivity index (χ2n) is 6.97. The van der Waals surface area contributed by atoms with Gasteiger partial charge < -0.3 is 0 Å². The molecule has 0 unspecified atom stereocenters. The van der Waals surface area contributed by atoms with Crippen LogP contribution in [0.5, 0.6) is 0 Å². The predicted octanol–water partition coefficient (Wildman–Crippen LogP) is 8.07. The molecule has 2 radical (unpaired) electrons. The molecule has 0 aromatic rings. The van der Waals surface area contributed by atoms with Gasteiger partial charge in [-0.25, -0.2) is 0 Å². The highest BCUT2D eigenvalue weighted by molar-refractivity contribution is 5.00. The molecule has 0 heterocycles. The summed E-state index contributed by atoms with van der Waals surface area (Å²) in [5, 5.41) is 0. The summed E-state index contributed by atoms with van der Waals surface area (Å²) in [4.78, 5) is 0. The topological polar surface area (TPSA) is 0 Å². The van der Waals surface area contributed by atoms with Crippen molar-refractivity contribution in [3.63, 3.8) is 0 Å². The minimum atomic E-state index is 1.04. The van der Waals surface area contributed by atoms with Gasteiger partial charge in [0.25, 0.3) is 0 Å². The molecule has 134 valence electrons. The van der Waals surface area contributed by atoms with Crippen LogP contribution in [0.3, 0.4) is 0 Å². The Kier molecular flexibility index (Phi) is 21.1. The lowest BCUT2D eigenvalue weighted by Crippen LogP contribution is -1.84. The minimum Gasteiger partial charge on any atom is -0.103 e. The van der Waals surface area contributed by atoms with Crippen molar-refractivity contribution in [3.05, 3.63) is 13.8 Å². The maximum absolute atomic E-state index is 3.90. The Bertz CT molecular complexity index is 255. The van der Waals surface area contributed by atoms with Crippen molar-refractivity contribution >= 4 is 0 Å². The number of hydrogen-bond donors (Lipinski definition) is 0. The van der Waals surface area contributed by atoms with Crippen molar-refractivity contribution in [1.82, 2.24) is 0 Å². The largest absolute Gasteiger partial charge is 0.103 e. The first-order chi connectivity index (χ1) is 11.4. The lowest BCUT2D eigenvalue weighted by Gasteiger charge is -2.03. The van der Waals surface area contributed by atoms with Crippen molar-refractivity contribution in [2.75, 3.05) is 0 Å². The molecule has 0 atom stereocenters. The van der Waals surface area contributed by atoms with Gasteiger partial charge in [-0.2, -0.15) is 0 Å². The first kappa shape index (κ1) is 22.6. The summed E-state index contributed by atoms with van der Waals surface area (Å²) in [6.07, 6.45) is 26.3. The quantitative estimate of drug-likeness (QED) is 0.177. The highest BCUT2D eigenvalue weighted by atomic mass is 14.0. The first-order valence-electron chi connectivity index (χ1n) is 10.5. The second kappa shape index (κ2) is 21.6. The lowest BCUT2D eigenvalue weighted by atomic mass is 10.0. The molecule has 0 rings (SSSR count). The van der Waals surface area contributed by atoms with E-state index >= 15 is 0 Å². The van der Waals surface area contributed by atoms with Crippen LogP contribution >= 0.6 is 0 Å². The Balaban J connectivity index is 2.95. The van der Waals surface area contributed by atoms with E-state index in [0.29, 0.717) is 0 Å². The van der Waals surface area contributed by atoms with E-state index < -0.39 is 0 Å². The highest BCUT2D eigenvalue weighted by Gasteiger charge is 1.94. The monoisotopic (exact) mass is 318 g/mol. The molecule has 0 aromatic carbocycles. The van der Waals surface area contributed by atoms with Crippen LogP contribution in [0.2, 0.25) is 0 Å². The van der Waals surface area contributed by atoms with Crippen molar-refractivity contribution in [3.8, 4) is 11.8 Å². The van der Waals surface area contributed by atoms with E-state index in [0.717, 1.165) is 12.8 Å². The summed E-state index contributed by atoms with van der Waals surface area (Å²) in [7, 11) is 0. The Hall–Kier alpha value is -0.440. The molecular formula is C23H42. The fourth-order valence-corrected chi connectivity index (χ4v) is 3.13. The maximum atomic E-state index is 3.90. The third-order valence-corrected chi connectivity index (χ3v) is 4.68. The van der Waals surface area contributed by atoms with Gasteiger partial charge in [-0.1, -0.05) is 116 Å². The van der Waals surface area contributed by atoms with Crippen molar-refractivity contribution in [2.24, 2.45) is 0 Å². The van der Waals surface area contributed by atoms with Crippen LogP contribution in [0, 0.1) is 25.7 Å². The van der Waals surface area contributed by atoms with Crippen LogP contribution < -0.4 is 0 Å². The smallest absolute Gasteiger partial charge is 0.0198 e. The number of hydrogen-bond acceptors (Lipinski definition) is 0. The molecule has 0 spiro atoms. The molecule has 0 aliphatic carbocycles. The molecule has 0 nitrogen and oxygen atoms in total. The van der Waals surface area contributed by atoms with Gasteiger partial charge in [0.05, 0.1) is 0 Å². The minimum absolute atomic E-state index is 1.04. The maximum Gasteiger partial charge on any atom is 0.0198 e. The van der Waals surface area contributed by atoms with Crippen LogP contribution in [0.4, 0.5) is 0 Å². The molecule has 0 aromatic heterocycles. The predicted molar refractivity (Wildman–Crippen MR) is 106 cm³/mol. The summed E-state index contributed by atoms with van der Waals surface area (Å²) in [6, 6.07) is 0. The zero-order chi connectivity index (χ0) is 16.8. The van der Waals surface area contributed by atoms with E-state index in [1.54, 1.807) is 0 Å². The lowest BCUT2D eigenvalue weighted by molar-refractivity contribution is 0.526. The van der Waals surface area contributed by atoms with Gasteiger partial charge >= 0.3 is 0 Å². The fraction of sp³-hybridized carbons (Fsp3) is 0.826. The number of unbranched alkanes of at least 4 members (excludes halogenated alkanes) is 18. The van der Waals surface area contributed by atoms with Gasteiger partial charge in [-0.3, -0.25) is 0 Å². The fourth-order valence-electron chi connectivity index (χ4n) is 3.13. The van der Waals surface area contributed by atoms with Crippen molar-refractivity contribution < 1.29 is 0 Å². The molecule has 0 N–H and O–H groups in total. The summed E-state index contributed by atoms with van der Waals surface area (Å²) in [5.41, 5.74) is 0. The molecule has 0 saturated heterocycles. The molecule has 0 aliphatic heterocycles. The molecule has 0 aliphatic rings. The van der Waals surface area contributed by atoms with Crippen LogP contribution in [0.1, 0.15) is 122 Å². The van der Waals surface area contributed by atoms with Crippen molar-refractivity contribution in [1.29, 1.82) is 0 Å². The average molecular weight is 319 g/mol. The molecule has 0 bridgehead atoms. The standard InChI is InChI=1S/C23H42/c1-3-5-7-9-11-13-15-17-19-21-23-22-20-18-16-14-12-10-8-6-4-2/h1-3,5,7-23H2. The summed E-state index contributed by atoms with van der Waals surface area (Å²) >= 11 is 0.